The van der Waals surface area contributed by atoms with Crippen LogP contribution in [0.1, 0.15) is 0 Å². The minimum atomic E-state index is 0.931. The first-order chi connectivity index (χ1) is 12.8. The van der Waals surface area contributed by atoms with Crippen LogP contribution in [0.15, 0.2) is 82.0 Å². The van der Waals surface area contributed by atoms with E-state index < -0.39 is 0 Å². The molecular formula is C22H12Br2N2. The first-order valence-corrected chi connectivity index (χ1v) is 9.83. The molecular weight excluding hydrogens is 452 g/mol. The van der Waals surface area contributed by atoms with Crippen molar-refractivity contribution in [3.63, 3.8) is 0 Å². The monoisotopic (exact) mass is 462 g/mol. The molecule has 0 amide bonds. The summed E-state index contributed by atoms with van der Waals surface area (Å²) in [5.41, 5.74) is 4.18. The molecule has 0 fully saturated rings. The highest BCUT2D eigenvalue weighted by Crippen LogP contribution is 2.42. The Hall–Kier alpha value is -2.30. The van der Waals surface area contributed by atoms with E-state index in [1.165, 1.54) is 10.8 Å². The lowest BCUT2D eigenvalue weighted by molar-refractivity contribution is 1.38. The van der Waals surface area contributed by atoms with Gasteiger partial charge in [-0.1, -0.05) is 58.4 Å². The maximum Gasteiger partial charge on any atom is 0.0971 e. The van der Waals surface area contributed by atoms with Gasteiger partial charge in [0.2, 0.25) is 0 Å². The Morgan fingerprint density at radius 1 is 0.577 bits per heavy atom. The highest BCUT2D eigenvalue weighted by Gasteiger charge is 2.16. The van der Waals surface area contributed by atoms with E-state index in [0.29, 0.717) is 0 Å². The summed E-state index contributed by atoms with van der Waals surface area (Å²) in [7, 11) is 0. The molecule has 0 aliphatic rings. The van der Waals surface area contributed by atoms with Crippen molar-refractivity contribution >= 4 is 64.4 Å². The van der Waals surface area contributed by atoms with Crippen LogP contribution < -0.4 is 0 Å². The molecule has 5 rings (SSSR count). The van der Waals surface area contributed by atoms with Crippen LogP contribution in [0.3, 0.4) is 0 Å². The van der Waals surface area contributed by atoms with E-state index in [-0.39, 0.29) is 0 Å². The van der Waals surface area contributed by atoms with Crippen molar-refractivity contribution in [1.82, 2.24) is 9.97 Å². The van der Waals surface area contributed by atoms with Crippen molar-refractivity contribution in [3.05, 3.63) is 82.0 Å². The van der Waals surface area contributed by atoms with Gasteiger partial charge in [0.1, 0.15) is 0 Å². The normalized spacial score (nSPS) is 11.5. The molecule has 3 aromatic carbocycles. The van der Waals surface area contributed by atoms with Crippen molar-refractivity contribution < 1.29 is 0 Å². The number of pyridine rings is 2. The Labute approximate surface area is 167 Å². The number of benzene rings is 3. The zero-order chi connectivity index (χ0) is 17.7. The molecule has 0 aliphatic carbocycles. The fourth-order valence-electron chi connectivity index (χ4n) is 3.56. The highest BCUT2D eigenvalue weighted by atomic mass is 79.9. The zero-order valence-corrected chi connectivity index (χ0v) is 16.8. The second-order valence-electron chi connectivity index (χ2n) is 6.13. The van der Waals surface area contributed by atoms with E-state index in [0.717, 1.165) is 41.9 Å². The molecule has 2 heterocycles. The number of halogens is 2. The Balaban J connectivity index is 2.01. The van der Waals surface area contributed by atoms with Crippen LogP contribution in [-0.2, 0) is 0 Å². The molecule has 0 saturated carbocycles. The Kier molecular flexibility index (Phi) is 3.76. The van der Waals surface area contributed by atoms with Crippen molar-refractivity contribution in [3.8, 4) is 11.1 Å². The Morgan fingerprint density at radius 2 is 1.27 bits per heavy atom. The molecule has 2 nitrogen and oxygen atoms in total. The average molecular weight is 464 g/mol. The summed E-state index contributed by atoms with van der Waals surface area (Å²) in [6.07, 6.45) is 3.65. The number of aromatic nitrogens is 2. The molecule has 5 aromatic rings. The summed E-state index contributed by atoms with van der Waals surface area (Å²) in [6, 6.07) is 20.8. The Morgan fingerprint density at radius 3 is 2.04 bits per heavy atom. The van der Waals surface area contributed by atoms with Crippen LogP contribution in [-0.4, -0.2) is 9.97 Å². The van der Waals surface area contributed by atoms with E-state index in [1.807, 2.05) is 30.6 Å². The highest BCUT2D eigenvalue weighted by molar-refractivity contribution is 9.11. The van der Waals surface area contributed by atoms with Crippen molar-refractivity contribution in [2.45, 2.75) is 0 Å². The molecule has 0 aliphatic heterocycles. The summed E-state index contributed by atoms with van der Waals surface area (Å²) in [4.78, 5) is 9.23. The van der Waals surface area contributed by atoms with Gasteiger partial charge in [-0.25, -0.2) is 0 Å². The molecule has 4 heteroatoms. The van der Waals surface area contributed by atoms with Crippen LogP contribution in [0.4, 0.5) is 0 Å². The lowest BCUT2D eigenvalue weighted by atomic mass is 9.95. The average Bonchev–Trinajstić information content (AvgIpc) is 2.69. The van der Waals surface area contributed by atoms with Crippen LogP contribution >= 0.6 is 31.9 Å². The van der Waals surface area contributed by atoms with Gasteiger partial charge in [0.25, 0.3) is 0 Å². The maximum absolute atomic E-state index is 4.63. The standard InChI is InChI=1S/C22H12Br2N2/c23-18-8-2-1-5-13(18)15-10-9-14-16-6-3-11-25-21(16)22-17(7-4-12-26-22)19(14)20(15)24/h1-12H. The lowest BCUT2D eigenvalue weighted by Crippen LogP contribution is -1.90. The zero-order valence-electron chi connectivity index (χ0n) is 13.6. The third kappa shape index (κ3) is 2.29. The quantitative estimate of drug-likeness (QED) is 0.247. The summed E-state index contributed by atoms with van der Waals surface area (Å²) < 4.78 is 2.15. The molecule has 0 atom stereocenters. The molecule has 0 bridgehead atoms. The summed E-state index contributed by atoms with van der Waals surface area (Å²) in [5.74, 6) is 0. The van der Waals surface area contributed by atoms with Gasteiger partial charge in [0.05, 0.1) is 11.0 Å². The largest absolute Gasteiger partial charge is 0.254 e. The molecule has 0 spiro atoms. The number of rotatable bonds is 1. The predicted molar refractivity (Wildman–Crippen MR) is 115 cm³/mol. The van der Waals surface area contributed by atoms with Crippen LogP contribution in [0.25, 0.3) is 43.7 Å². The third-order valence-electron chi connectivity index (χ3n) is 4.71. The first kappa shape index (κ1) is 15.9. The smallest absolute Gasteiger partial charge is 0.0971 e. The number of hydrogen-bond acceptors (Lipinski definition) is 2. The topological polar surface area (TPSA) is 25.8 Å². The van der Waals surface area contributed by atoms with E-state index in [1.54, 1.807) is 0 Å². The van der Waals surface area contributed by atoms with E-state index >= 15 is 0 Å². The van der Waals surface area contributed by atoms with Gasteiger partial charge in [-0.2, -0.15) is 0 Å². The van der Waals surface area contributed by atoms with Crippen LogP contribution in [0.2, 0.25) is 0 Å². The summed E-state index contributed by atoms with van der Waals surface area (Å²) >= 11 is 7.57. The van der Waals surface area contributed by atoms with Crippen molar-refractivity contribution in [2.75, 3.05) is 0 Å². The number of nitrogens with zero attached hydrogens (tertiary/aromatic N) is 2. The third-order valence-corrected chi connectivity index (χ3v) is 6.22. The molecule has 124 valence electrons. The maximum atomic E-state index is 4.63. The van der Waals surface area contributed by atoms with Gasteiger partial charge in [-0.3, -0.25) is 9.97 Å². The molecule has 0 saturated heterocycles. The number of hydrogen-bond donors (Lipinski definition) is 0. The van der Waals surface area contributed by atoms with Gasteiger partial charge >= 0.3 is 0 Å². The number of fused-ring (bicyclic) bond motifs is 6. The van der Waals surface area contributed by atoms with Gasteiger partial charge in [0.15, 0.2) is 0 Å². The molecule has 2 aromatic heterocycles. The summed E-state index contributed by atoms with van der Waals surface area (Å²) in [6.45, 7) is 0. The minimum Gasteiger partial charge on any atom is -0.254 e. The molecule has 0 radical (unpaired) electrons. The van der Waals surface area contributed by atoms with E-state index in [4.69, 9.17) is 0 Å². The van der Waals surface area contributed by atoms with Gasteiger partial charge < -0.3 is 0 Å². The van der Waals surface area contributed by atoms with E-state index in [2.05, 4.69) is 84.3 Å². The van der Waals surface area contributed by atoms with Crippen LogP contribution in [0.5, 0.6) is 0 Å². The second-order valence-corrected chi connectivity index (χ2v) is 7.78. The van der Waals surface area contributed by atoms with Gasteiger partial charge in [-0.15, -0.1) is 0 Å². The van der Waals surface area contributed by atoms with Crippen molar-refractivity contribution in [1.29, 1.82) is 0 Å². The molecule has 0 N–H and O–H groups in total. The van der Waals surface area contributed by atoms with E-state index in [9.17, 15) is 0 Å². The fraction of sp³-hybridized carbons (Fsp3) is 0. The molecule has 26 heavy (non-hydrogen) atoms. The second kappa shape index (κ2) is 6.15. The summed E-state index contributed by atoms with van der Waals surface area (Å²) in [5, 5.41) is 4.57. The minimum absolute atomic E-state index is 0.931. The first-order valence-electron chi connectivity index (χ1n) is 8.24. The van der Waals surface area contributed by atoms with Gasteiger partial charge in [0, 0.05) is 37.5 Å². The Bertz CT molecular complexity index is 1280. The molecule has 0 unspecified atom stereocenters. The van der Waals surface area contributed by atoms with Crippen LogP contribution in [0, 0.1) is 0 Å². The SMILES string of the molecule is Brc1ccccc1-c1ccc2c3cccnc3c3ncccc3c2c1Br. The fourth-order valence-corrected chi connectivity index (χ4v) is 4.83. The van der Waals surface area contributed by atoms with Crippen molar-refractivity contribution in [2.24, 2.45) is 0 Å². The van der Waals surface area contributed by atoms with Gasteiger partial charge in [-0.05, 0) is 50.6 Å². The predicted octanol–water partition coefficient (Wildman–Crippen LogP) is 7.13. The lowest BCUT2D eigenvalue weighted by Gasteiger charge is -2.14.